The highest BCUT2D eigenvalue weighted by Gasteiger charge is 2.48. The van der Waals surface area contributed by atoms with E-state index in [1.165, 1.54) is 32.1 Å². The van der Waals surface area contributed by atoms with E-state index < -0.39 is 0 Å². The Bertz CT molecular complexity index is 648. The summed E-state index contributed by atoms with van der Waals surface area (Å²) < 4.78 is 0. The molecule has 1 aromatic rings. The number of nitrogens with one attached hydrogen (secondary N) is 2. The molecule has 0 aliphatic heterocycles. The molecule has 4 saturated carbocycles. The fourth-order valence-corrected chi connectivity index (χ4v) is 5.67. The van der Waals surface area contributed by atoms with Crippen LogP contribution in [0.3, 0.4) is 0 Å². The Morgan fingerprint density at radius 2 is 1.81 bits per heavy atom. The van der Waals surface area contributed by atoms with Crippen molar-refractivity contribution in [3.63, 3.8) is 0 Å². The summed E-state index contributed by atoms with van der Waals surface area (Å²) in [7, 11) is 0. The first-order valence-corrected chi connectivity index (χ1v) is 10.1. The number of anilines is 1. The summed E-state index contributed by atoms with van der Waals surface area (Å²) in [4.78, 5) is 13.0. The summed E-state index contributed by atoms with van der Waals surface area (Å²) in [6.07, 6.45) is 6.55. The summed E-state index contributed by atoms with van der Waals surface area (Å²) in [5.74, 6) is 3.80. The van der Waals surface area contributed by atoms with Crippen molar-refractivity contribution in [2.75, 3.05) is 18.5 Å². The number of aliphatic hydroxyl groups excluding tert-OH is 1. The fraction of sp³-hybridized carbons (Fsp3) is 0.750. The SMILES string of the molecule is CC(C)c1cc(NCCO)nnc1C(=O)NC1C2CC3CC(C2)CC1C3. The van der Waals surface area contributed by atoms with Crippen LogP contribution in [-0.2, 0) is 0 Å². The average molecular weight is 358 g/mol. The molecule has 4 fully saturated rings. The molecular formula is C20H30N4O2. The third kappa shape index (κ3) is 3.31. The van der Waals surface area contributed by atoms with Crippen LogP contribution in [0.2, 0.25) is 0 Å². The van der Waals surface area contributed by atoms with Crippen molar-refractivity contribution in [2.24, 2.45) is 23.7 Å². The molecule has 0 unspecified atom stereocenters. The van der Waals surface area contributed by atoms with Gasteiger partial charge in [-0.3, -0.25) is 4.79 Å². The highest BCUT2D eigenvalue weighted by Crippen LogP contribution is 2.53. The van der Waals surface area contributed by atoms with Gasteiger partial charge in [-0.15, -0.1) is 10.2 Å². The van der Waals surface area contributed by atoms with Crippen LogP contribution in [-0.4, -0.2) is 40.4 Å². The molecular weight excluding hydrogens is 328 g/mol. The van der Waals surface area contributed by atoms with Gasteiger partial charge in [0.15, 0.2) is 5.69 Å². The lowest BCUT2D eigenvalue weighted by molar-refractivity contribution is -0.0120. The predicted octanol–water partition coefficient (Wildman–Crippen LogP) is 2.56. The zero-order valence-electron chi connectivity index (χ0n) is 15.7. The van der Waals surface area contributed by atoms with Crippen LogP contribution in [0, 0.1) is 23.7 Å². The number of carbonyl (C=O) groups excluding carboxylic acids is 1. The van der Waals surface area contributed by atoms with Gasteiger partial charge in [0.25, 0.3) is 5.91 Å². The summed E-state index contributed by atoms with van der Waals surface area (Å²) in [6.45, 7) is 4.58. The molecule has 0 aromatic carbocycles. The minimum atomic E-state index is -0.0765. The van der Waals surface area contributed by atoms with E-state index >= 15 is 0 Å². The molecule has 1 heterocycles. The zero-order valence-corrected chi connectivity index (χ0v) is 15.7. The Hall–Kier alpha value is -1.69. The molecule has 6 heteroatoms. The summed E-state index contributed by atoms with van der Waals surface area (Å²) in [6, 6.07) is 2.20. The summed E-state index contributed by atoms with van der Waals surface area (Å²) >= 11 is 0. The number of rotatable bonds is 6. The van der Waals surface area contributed by atoms with Gasteiger partial charge in [-0.05, 0) is 73.3 Å². The quantitative estimate of drug-likeness (QED) is 0.727. The van der Waals surface area contributed by atoms with Crippen LogP contribution in [0.5, 0.6) is 0 Å². The molecule has 0 atom stereocenters. The predicted molar refractivity (Wildman–Crippen MR) is 100.0 cm³/mol. The van der Waals surface area contributed by atoms with E-state index in [1.807, 2.05) is 6.07 Å². The standard InChI is InChI=1S/C20H30N4O2/c1-11(2)16-10-17(21-3-4-25)23-24-19(16)20(26)22-18-14-6-12-5-13(8-14)9-15(18)7-12/h10-15,18,25H,3-9H2,1-2H3,(H,21,23)(H,22,26). The molecule has 6 nitrogen and oxygen atoms in total. The molecule has 4 aliphatic carbocycles. The van der Waals surface area contributed by atoms with Crippen LogP contribution in [0.4, 0.5) is 5.82 Å². The molecule has 142 valence electrons. The van der Waals surface area contributed by atoms with Gasteiger partial charge < -0.3 is 15.7 Å². The second kappa shape index (κ2) is 7.14. The van der Waals surface area contributed by atoms with Gasteiger partial charge in [-0.2, -0.15) is 0 Å². The fourth-order valence-electron chi connectivity index (χ4n) is 5.67. The lowest BCUT2D eigenvalue weighted by atomic mass is 9.54. The summed E-state index contributed by atoms with van der Waals surface area (Å²) in [5, 5.41) is 23.7. The topological polar surface area (TPSA) is 87.1 Å². The maximum absolute atomic E-state index is 13.0. The first kappa shape index (κ1) is 17.7. The van der Waals surface area contributed by atoms with Gasteiger partial charge >= 0.3 is 0 Å². The molecule has 4 aliphatic rings. The third-order valence-electron chi connectivity index (χ3n) is 6.60. The van der Waals surface area contributed by atoms with Crippen molar-refractivity contribution in [1.82, 2.24) is 15.5 Å². The lowest BCUT2D eigenvalue weighted by Gasteiger charge is -2.54. The molecule has 4 bridgehead atoms. The molecule has 26 heavy (non-hydrogen) atoms. The van der Waals surface area contributed by atoms with Crippen molar-refractivity contribution < 1.29 is 9.90 Å². The smallest absolute Gasteiger partial charge is 0.272 e. The minimum absolute atomic E-state index is 0.0351. The number of hydrogen-bond acceptors (Lipinski definition) is 5. The van der Waals surface area contributed by atoms with Gasteiger partial charge in [-0.1, -0.05) is 13.8 Å². The van der Waals surface area contributed by atoms with Gasteiger partial charge in [-0.25, -0.2) is 0 Å². The van der Waals surface area contributed by atoms with E-state index in [9.17, 15) is 4.79 Å². The molecule has 0 spiro atoms. The molecule has 3 N–H and O–H groups in total. The molecule has 0 saturated heterocycles. The maximum atomic E-state index is 13.0. The Balaban J connectivity index is 1.51. The van der Waals surface area contributed by atoms with E-state index in [0.717, 1.165) is 17.4 Å². The van der Waals surface area contributed by atoms with Crippen LogP contribution < -0.4 is 10.6 Å². The van der Waals surface area contributed by atoms with Crippen molar-refractivity contribution >= 4 is 11.7 Å². The van der Waals surface area contributed by atoms with Gasteiger partial charge in [0.05, 0.1) is 6.61 Å². The second-order valence-electron chi connectivity index (χ2n) is 8.77. The molecule has 1 aromatic heterocycles. The first-order valence-electron chi connectivity index (χ1n) is 10.1. The minimum Gasteiger partial charge on any atom is -0.395 e. The Morgan fingerprint density at radius 1 is 1.15 bits per heavy atom. The van der Waals surface area contributed by atoms with Gasteiger partial charge in [0.1, 0.15) is 5.82 Å². The van der Waals surface area contributed by atoms with Gasteiger partial charge in [0.2, 0.25) is 0 Å². The highest BCUT2D eigenvalue weighted by atomic mass is 16.3. The number of carbonyl (C=O) groups is 1. The van der Waals surface area contributed by atoms with Gasteiger partial charge in [0, 0.05) is 12.6 Å². The lowest BCUT2D eigenvalue weighted by Crippen LogP contribution is -2.56. The van der Waals surface area contributed by atoms with Crippen molar-refractivity contribution in [1.29, 1.82) is 0 Å². The van der Waals surface area contributed by atoms with Crippen molar-refractivity contribution in [3.8, 4) is 0 Å². The highest BCUT2D eigenvalue weighted by molar-refractivity contribution is 5.94. The number of aliphatic hydroxyl groups is 1. The Kier molecular flexibility index (Phi) is 4.86. The second-order valence-corrected chi connectivity index (χ2v) is 8.77. The normalized spacial score (nSPS) is 32.1. The van der Waals surface area contributed by atoms with Crippen LogP contribution in [0.15, 0.2) is 6.07 Å². The van der Waals surface area contributed by atoms with E-state index in [-0.39, 0.29) is 18.4 Å². The van der Waals surface area contributed by atoms with E-state index in [4.69, 9.17) is 5.11 Å². The molecule has 5 rings (SSSR count). The number of aromatic nitrogens is 2. The van der Waals surface area contributed by atoms with Crippen molar-refractivity contribution in [2.45, 2.75) is 57.9 Å². The largest absolute Gasteiger partial charge is 0.395 e. The van der Waals surface area contributed by atoms with E-state index in [1.54, 1.807) is 0 Å². The number of amides is 1. The van der Waals surface area contributed by atoms with E-state index in [0.29, 0.717) is 35.9 Å². The molecule has 0 radical (unpaired) electrons. The Morgan fingerprint density at radius 3 is 2.38 bits per heavy atom. The van der Waals surface area contributed by atoms with Crippen molar-refractivity contribution in [3.05, 3.63) is 17.3 Å². The number of nitrogens with zero attached hydrogens (tertiary/aromatic N) is 2. The van der Waals surface area contributed by atoms with E-state index in [2.05, 4.69) is 34.7 Å². The maximum Gasteiger partial charge on any atom is 0.272 e. The monoisotopic (exact) mass is 358 g/mol. The average Bonchev–Trinajstić information content (AvgIpc) is 2.62. The van der Waals surface area contributed by atoms with Crippen LogP contribution in [0.1, 0.15) is 67.9 Å². The molecule has 1 amide bonds. The Labute approximate surface area is 155 Å². The third-order valence-corrected chi connectivity index (χ3v) is 6.60. The van der Waals surface area contributed by atoms with Crippen LogP contribution in [0.25, 0.3) is 0 Å². The summed E-state index contributed by atoms with van der Waals surface area (Å²) in [5.41, 5.74) is 1.35. The number of hydrogen-bond donors (Lipinski definition) is 3. The first-order chi connectivity index (χ1) is 12.5. The van der Waals surface area contributed by atoms with Crippen LogP contribution >= 0.6 is 0 Å². The zero-order chi connectivity index (χ0) is 18.3.